The van der Waals surface area contributed by atoms with Crippen molar-refractivity contribution in [2.75, 3.05) is 19.8 Å². The molecule has 0 N–H and O–H groups in total. The maximum Gasteiger partial charge on any atom is 0.422 e. The third kappa shape index (κ3) is 14.7. The SMILES string of the molecule is O=C=NCCC[SiH2]C=C(OCC(F)(F)F)OCC(F)(F)F. The van der Waals surface area contributed by atoms with E-state index in [0.29, 0.717) is 12.5 Å². The highest BCUT2D eigenvalue weighted by atomic mass is 28.2. The van der Waals surface area contributed by atoms with Crippen molar-refractivity contribution in [3.05, 3.63) is 11.6 Å². The average molecular weight is 337 g/mol. The predicted molar refractivity (Wildman–Crippen MR) is 63.1 cm³/mol. The van der Waals surface area contributed by atoms with Gasteiger partial charge in [0.25, 0.3) is 5.95 Å². The van der Waals surface area contributed by atoms with Gasteiger partial charge in [-0.05, 0) is 12.1 Å². The number of aliphatic imine (C=N–C) groups is 1. The van der Waals surface area contributed by atoms with Gasteiger partial charge in [0, 0.05) is 0 Å². The summed E-state index contributed by atoms with van der Waals surface area (Å²) in [6.07, 6.45) is -7.52. The van der Waals surface area contributed by atoms with E-state index in [9.17, 15) is 31.1 Å². The molecule has 122 valence electrons. The molecule has 0 aromatic carbocycles. The summed E-state index contributed by atoms with van der Waals surface area (Å²) in [7, 11) is -1.13. The number of rotatable bonds is 9. The minimum Gasteiger partial charge on any atom is -0.456 e. The molecule has 0 saturated heterocycles. The summed E-state index contributed by atoms with van der Waals surface area (Å²) in [4.78, 5) is 13.0. The van der Waals surface area contributed by atoms with Crippen molar-refractivity contribution in [3.8, 4) is 0 Å². The highest BCUT2D eigenvalue weighted by molar-refractivity contribution is 6.42. The normalized spacial score (nSPS) is 12.1. The van der Waals surface area contributed by atoms with Crippen LogP contribution >= 0.6 is 0 Å². The van der Waals surface area contributed by atoms with Crippen molar-refractivity contribution in [1.82, 2.24) is 0 Å². The van der Waals surface area contributed by atoms with Crippen LogP contribution < -0.4 is 0 Å². The second kappa shape index (κ2) is 9.45. The van der Waals surface area contributed by atoms with Gasteiger partial charge in [0.15, 0.2) is 13.2 Å². The van der Waals surface area contributed by atoms with E-state index in [-0.39, 0.29) is 6.54 Å². The molecule has 0 rings (SSSR count). The second-order valence-electron chi connectivity index (χ2n) is 3.80. The summed E-state index contributed by atoms with van der Waals surface area (Å²) in [5.41, 5.74) is 1.13. The number of halogens is 6. The first-order chi connectivity index (χ1) is 9.64. The number of alkyl halides is 6. The topological polar surface area (TPSA) is 47.9 Å². The van der Waals surface area contributed by atoms with E-state index in [1.54, 1.807) is 0 Å². The van der Waals surface area contributed by atoms with Gasteiger partial charge >= 0.3 is 12.4 Å². The maximum atomic E-state index is 12.0. The lowest BCUT2D eigenvalue weighted by atomic mass is 10.5. The predicted octanol–water partition coefficient (Wildman–Crippen LogP) is 2.26. The fourth-order valence-electron chi connectivity index (χ4n) is 1.07. The van der Waals surface area contributed by atoms with Gasteiger partial charge in [0.1, 0.15) is 0 Å². The lowest BCUT2D eigenvalue weighted by Gasteiger charge is -2.14. The van der Waals surface area contributed by atoms with Gasteiger partial charge in [-0.15, -0.1) is 0 Å². The van der Waals surface area contributed by atoms with Crippen molar-refractivity contribution in [3.63, 3.8) is 0 Å². The van der Waals surface area contributed by atoms with Gasteiger partial charge in [-0.3, -0.25) is 0 Å². The number of carbonyl (C=O) groups excluding carboxylic acids is 1. The summed E-state index contributed by atoms with van der Waals surface area (Å²) in [6, 6.07) is 0.527. The Morgan fingerprint density at radius 2 is 1.62 bits per heavy atom. The zero-order valence-corrected chi connectivity index (χ0v) is 12.2. The molecule has 0 atom stereocenters. The van der Waals surface area contributed by atoms with Crippen LogP contribution in [-0.4, -0.2) is 47.7 Å². The van der Waals surface area contributed by atoms with E-state index < -0.39 is 41.0 Å². The standard InChI is InChI=1S/C10H13F6NO3Si/c11-9(12,13)5-19-8(20-6-10(14,15)16)4-21-3-1-2-17-7-18/h4H,1-3,5-6,21H2. The van der Waals surface area contributed by atoms with Crippen LogP contribution in [0, 0.1) is 0 Å². The Morgan fingerprint density at radius 3 is 2.05 bits per heavy atom. The summed E-state index contributed by atoms with van der Waals surface area (Å²) in [5, 5.41) is 0. The molecule has 0 unspecified atom stereocenters. The van der Waals surface area contributed by atoms with E-state index in [2.05, 4.69) is 14.5 Å². The van der Waals surface area contributed by atoms with Crippen molar-refractivity contribution in [2.45, 2.75) is 24.8 Å². The van der Waals surface area contributed by atoms with Gasteiger partial charge in [0.2, 0.25) is 6.08 Å². The molecular weight excluding hydrogens is 324 g/mol. The fourth-order valence-corrected chi connectivity index (χ4v) is 2.25. The highest BCUT2D eigenvalue weighted by Gasteiger charge is 2.31. The van der Waals surface area contributed by atoms with Crippen molar-refractivity contribution < 1.29 is 40.6 Å². The monoisotopic (exact) mass is 337 g/mol. The van der Waals surface area contributed by atoms with E-state index >= 15 is 0 Å². The van der Waals surface area contributed by atoms with Crippen molar-refractivity contribution in [1.29, 1.82) is 0 Å². The Balaban J connectivity index is 4.31. The Kier molecular flexibility index (Phi) is 8.79. The Labute approximate surface area is 118 Å². The maximum absolute atomic E-state index is 12.0. The van der Waals surface area contributed by atoms with Crippen molar-refractivity contribution >= 4 is 15.6 Å². The van der Waals surface area contributed by atoms with Crippen LogP contribution in [0.25, 0.3) is 0 Å². The Hall–Kier alpha value is -1.48. The summed E-state index contributed by atoms with van der Waals surface area (Å²) in [6.45, 7) is -3.23. The van der Waals surface area contributed by atoms with Crippen LogP contribution in [0.2, 0.25) is 6.04 Å². The molecule has 0 fully saturated rings. The lowest BCUT2D eigenvalue weighted by Crippen LogP contribution is -2.21. The smallest absolute Gasteiger partial charge is 0.422 e. The number of ether oxygens (including phenoxy) is 2. The van der Waals surface area contributed by atoms with Crippen molar-refractivity contribution in [2.24, 2.45) is 4.99 Å². The molecule has 0 aromatic heterocycles. The summed E-state index contributed by atoms with van der Waals surface area (Å²) >= 11 is 0. The number of isocyanates is 1. The Bertz CT molecular complexity index is 356. The van der Waals surface area contributed by atoms with E-state index in [1.807, 2.05) is 0 Å². The molecule has 0 radical (unpaired) electrons. The average Bonchev–Trinajstić information content (AvgIpc) is 2.33. The zero-order chi connectivity index (χ0) is 16.4. The van der Waals surface area contributed by atoms with Crippen LogP contribution in [0.15, 0.2) is 16.6 Å². The Morgan fingerprint density at radius 1 is 1.10 bits per heavy atom. The number of hydrogen-bond acceptors (Lipinski definition) is 4. The summed E-state index contributed by atoms with van der Waals surface area (Å²) < 4.78 is 80.1. The summed E-state index contributed by atoms with van der Waals surface area (Å²) in [5.74, 6) is -0.768. The minimum atomic E-state index is -4.67. The third-order valence-electron chi connectivity index (χ3n) is 1.86. The largest absolute Gasteiger partial charge is 0.456 e. The fraction of sp³-hybridized carbons (Fsp3) is 0.700. The molecule has 0 bridgehead atoms. The molecular formula is C10H13F6NO3Si. The van der Waals surface area contributed by atoms with E-state index in [0.717, 1.165) is 5.70 Å². The van der Waals surface area contributed by atoms with Crippen LogP contribution in [0.1, 0.15) is 6.42 Å². The molecule has 0 spiro atoms. The molecule has 4 nitrogen and oxygen atoms in total. The van der Waals surface area contributed by atoms with Crippen LogP contribution in [-0.2, 0) is 14.3 Å². The third-order valence-corrected chi connectivity index (χ3v) is 3.39. The molecule has 11 heteroatoms. The van der Waals surface area contributed by atoms with Crippen LogP contribution in [0.5, 0.6) is 0 Å². The van der Waals surface area contributed by atoms with Crippen LogP contribution in [0.3, 0.4) is 0 Å². The van der Waals surface area contributed by atoms with Gasteiger partial charge in [-0.2, -0.15) is 26.3 Å². The molecule has 21 heavy (non-hydrogen) atoms. The number of nitrogens with zero attached hydrogens (tertiary/aromatic N) is 1. The molecule has 0 amide bonds. The number of hydrogen-bond donors (Lipinski definition) is 0. The van der Waals surface area contributed by atoms with E-state index in [1.165, 1.54) is 6.08 Å². The molecule has 0 aromatic rings. The lowest BCUT2D eigenvalue weighted by molar-refractivity contribution is -0.198. The molecule has 0 aliphatic carbocycles. The quantitative estimate of drug-likeness (QED) is 0.162. The first kappa shape index (κ1) is 19.5. The van der Waals surface area contributed by atoms with E-state index in [4.69, 9.17) is 0 Å². The van der Waals surface area contributed by atoms with Crippen LogP contribution in [0.4, 0.5) is 26.3 Å². The molecule has 0 aliphatic rings. The minimum absolute atomic E-state index is 0.215. The second-order valence-corrected chi connectivity index (χ2v) is 5.49. The van der Waals surface area contributed by atoms with Gasteiger partial charge in [-0.1, -0.05) is 6.04 Å². The molecule has 0 aliphatic heterocycles. The molecule has 0 heterocycles. The first-order valence-electron chi connectivity index (χ1n) is 5.77. The zero-order valence-electron chi connectivity index (χ0n) is 10.8. The first-order valence-corrected chi connectivity index (χ1v) is 7.58. The highest BCUT2D eigenvalue weighted by Crippen LogP contribution is 2.20. The van der Waals surface area contributed by atoms with Gasteiger partial charge in [-0.25, -0.2) is 9.79 Å². The molecule has 0 saturated carbocycles. The van der Waals surface area contributed by atoms with Gasteiger partial charge in [0.05, 0.1) is 16.1 Å². The van der Waals surface area contributed by atoms with Gasteiger partial charge < -0.3 is 9.47 Å².